The third-order valence-corrected chi connectivity index (χ3v) is 5.57. The number of para-hydroxylation sites is 1. The molecule has 0 saturated carbocycles. The van der Waals surface area contributed by atoms with Gasteiger partial charge >= 0.3 is 0 Å². The van der Waals surface area contributed by atoms with Gasteiger partial charge in [-0.15, -0.1) is 0 Å². The number of nitrogens with zero attached hydrogens (tertiary/aromatic N) is 4. The molecule has 7 nitrogen and oxygen atoms in total. The molecule has 34 heavy (non-hydrogen) atoms. The standard InChI is InChI=1S/C27H27N5O2/c1-18-13-19(2)25(20(3)14-18)29-24(33)17-31(4)27(34)23-16-32(22-10-6-5-7-11-22)30-26(23)21-9-8-12-28-15-21/h5-16H,17H2,1-4H3,(H,29,33). The molecule has 2 heterocycles. The summed E-state index contributed by atoms with van der Waals surface area (Å²) in [6.45, 7) is 5.85. The molecule has 2 aromatic carbocycles. The molecule has 0 unspecified atom stereocenters. The van der Waals surface area contributed by atoms with Crippen molar-refractivity contribution in [2.45, 2.75) is 20.8 Å². The second-order valence-corrected chi connectivity index (χ2v) is 8.40. The normalized spacial score (nSPS) is 10.7. The van der Waals surface area contributed by atoms with Crippen LogP contribution in [0.2, 0.25) is 0 Å². The van der Waals surface area contributed by atoms with E-state index in [9.17, 15) is 9.59 Å². The summed E-state index contributed by atoms with van der Waals surface area (Å²) in [5.41, 5.74) is 6.37. The van der Waals surface area contributed by atoms with Gasteiger partial charge in [0, 0.05) is 36.9 Å². The Balaban J connectivity index is 1.59. The first-order chi connectivity index (χ1) is 16.3. The summed E-state index contributed by atoms with van der Waals surface area (Å²) in [6, 6.07) is 17.3. The fourth-order valence-corrected chi connectivity index (χ4v) is 4.01. The first kappa shape index (κ1) is 22.9. The van der Waals surface area contributed by atoms with E-state index >= 15 is 0 Å². The van der Waals surface area contributed by atoms with Crippen LogP contribution < -0.4 is 5.32 Å². The molecule has 0 fully saturated rings. The van der Waals surface area contributed by atoms with Gasteiger partial charge in [-0.05, 0) is 56.2 Å². The van der Waals surface area contributed by atoms with Gasteiger partial charge in [0.05, 0.1) is 17.8 Å². The molecule has 172 valence electrons. The van der Waals surface area contributed by atoms with Gasteiger partial charge in [0.15, 0.2) is 0 Å². The predicted molar refractivity (Wildman–Crippen MR) is 133 cm³/mol. The Labute approximate surface area is 199 Å². The van der Waals surface area contributed by atoms with Crippen LogP contribution >= 0.6 is 0 Å². The van der Waals surface area contributed by atoms with Gasteiger partial charge in [0.25, 0.3) is 5.91 Å². The number of pyridine rings is 1. The maximum absolute atomic E-state index is 13.4. The van der Waals surface area contributed by atoms with E-state index in [0.717, 1.165) is 33.6 Å². The Morgan fingerprint density at radius 1 is 1.00 bits per heavy atom. The molecule has 0 bridgehead atoms. The smallest absolute Gasteiger partial charge is 0.257 e. The van der Waals surface area contributed by atoms with Gasteiger partial charge in [0.2, 0.25) is 5.91 Å². The number of rotatable bonds is 6. The number of carbonyl (C=O) groups excluding carboxylic acids is 2. The Morgan fingerprint density at radius 2 is 1.71 bits per heavy atom. The van der Waals surface area contributed by atoms with Crippen molar-refractivity contribution in [2.75, 3.05) is 18.9 Å². The summed E-state index contributed by atoms with van der Waals surface area (Å²) >= 11 is 0. The molecule has 0 radical (unpaired) electrons. The van der Waals surface area contributed by atoms with Crippen molar-refractivity contribution in [1.29, 1.82) is 0 Å². The lowest BCUT2D eigenvalue weighted by Crippen LogP contribution is -2.35. The molecule has 2 amide bonds. The van der Waals surface area contributed by atoms with E-state index in [-0.39, 0.29) is 18.4 Å². The minimum Gasteiger partial charge on any atom is -0.332 e. The number of anilines is 1. The first-order valence-electron chi connectivity index (χ1n) is 11.0. The summed E-state index contributed by atoms with van der Waals surface area (Å²) in [7, 11) is 1.61. The minimum absolute atomic E-state index is 0.0887. The van der Waals surface area contributed by atoms with Gasteiger partial charge in [-0.25, -0.2) is 4.68 Å². The number of amides is 2. The van der Waals surface area contributed by atoms with Crippen molar-refractivity contribution in [3.8, 4) is 16.9 Å². The molecule has 2 aromatic heterocycles. The number of carbonyl (C=O) groups is 2. The fraction of sp³-hybridized carbons (Fsp3) is 0.185. The zero-order chi connectivity index (χ0) is 24.2. The van der Waals surface area contributed by atoms with E-state index in [1.54, 1.807) is 36.4 Å². The van der Waals surface area contributed by atoms with Crippen LogP contribution in [0.4, 0.5) is 5.69 Å². The van der Waals surface area contributed by atoms with Crippen molar-refractivity contribution in [3.63, 3.8) is 0 Å². The van der Waals surface area contributed by atoms with Gasteiger partial charge < -0.3 is 10.2 Å². The van der Waals surface area contributed by atoms with Crippen molar-refractivity contribution in [1.82, 2.24) is 19.7 Å². The molecule has 0 aliphatic rings. The van der Waals surface area contributed by atoms with Crippen LogP contribution in [0.15, 0.2) is 73.2 Å². The SMILES string of the molecule is Cc1cc(C)c(NC(=O)CN(C)C(=O)c2cn(-c3ccccc3)nc2-c2cccnc2)c(C)c1. The largest absolute Gasteiger partial charge is 0.332 e. The van der Waals surface area contributed by atoms with E-state index in [4.69, 9.17) is 0 Å². The van der Waals surface area contributed by atoms with Gasteiger partial charge in [-0.2, -0.15) is 5.10 Å². The van der Waals surface area contributed by atoms with E-state index in [1.165, 1.54) is 4.90 Å². The average molecular weight is 454 g/mol. The van der Waals surface area contributed by atoms with Gasteiger partial charge in [0.1, 0.15) is 5.69 Å². The van der Waals surface area contributed by atoms with Crippen LogP contribution in [0.25, 0.3) is 16.9 Å². The van der Waals surface area contributed by atoms with Crippen LogP contribution in [0.3, 0.4) is 0 Å². The number of nitrogens with one attached hydrogen (secondary N) is 1. The second-order valence-electron chi connectivity index (χ2n) is 8.40. The lowest BCUT2D eigenvalue weighted by atomic mass is 10.1. The van der Waals surface area contributed by atoms with Crippen molar-refractivity contribution in [2.24, 2.45) is 0 Å². The second kappa shape index (κ2) is 9.70. The minimum atomic E-state index is -0.298. The number of likely N-dealkylation sites (N-methyl/N-ethyl adjacent to an activating group) is 1. The summed E-state index contributed by atoms with van der Waals surface area (Å²) in [5, 5.41) is 7.62. The highest BCUT2D eigenvalue weighted by Crippen LogP contribution is 2.25. The molecule has 4 rings (SSSR count). The number of hydrogen-bond donors (Lipinski definition) is 1. The summed E-state index contributed by atoms with van der Waals surface area (Å²) in [5.74, 6) is -0.558. The Bertz CT molecular complexity index is 1310. The van der Waals surface area contributed by atoms with Crippen molar-refractivity contribution >= 4 is 17.5 Å². The summed E-state index contributed by atoms with van der Waals surface area (Å²) in [6.07, 6.45) is 5.04. The quantitative estimate of drug-likeness (QED) is 0.464. The molecule has 0 saturated heterocycles. The Hall–Kier alpha value is -4.26. The molecule has 0 atom stereocenters. The van der Waals surface area contributed by atoms with Crippen molar-refractivity contribution in [3.05, 3.63) is 95.4 Å². The molecular weight excluding hydrogens is 426 g/mol. The van der Waals surface area contributed by atoms with E-state index < -0.39 is 0 Å². The third kappa shape index (κ3) is 4.88. The highest BCUT2D eigenvalue weighted by atomic mass is 16.2. The molecule has 0 aliphatic carbocycles. The average Bonchev–Trinajstić information content (AvgIpc) is 3.27. The molecule has 4 aromatic rings. The zero-order valence-corrected chi connectivity index (χ0v) is 19.7. The Morgan fingerprint density at radius 3 is 2.35 bits per heavy atom. The summed E-state index contributed by atoms with van der Waals surface area (Å²) in [4.78, 5) is 31.8. The fourth-order valence-electron chi connectivity index (χ4n) is 4.01. The number of hydrogen-bond acceptors (Lipinski definition) is 4. The molecule has 1 N–H and O–H groups in total. The number of benzene rings is 2. The van der Waals surface area contributed by atoms with Crippen LogP contribution in [0, 0.1) is 20.8 Å². The summed E-state index contributed by atoms with van der Waals surface area (Å²) < 4.78 is 1.67. The molecule has 7 heteroatoms. The van der Waals surface area contributed by atoms with Gasteiger partial charge in [-0.1, -0.05) is 35.9 Å². The maximum Gasteiger partial charge on any atom is 0.257 e. The van der Waals surface area contributed by atoms with Crippen LogP contribution in [0.5, 0.6) is 0 Å². The number of aromatic nitrogens is 3. The van der Waals surface area contributed by atoms with Crippen LogP contribution in [-0.2, 0) is 4.79 Å². The third-order valence-electron chi connectivity index (χ3n) is 5.57. The van der Waals surface area contributed by atoms with Crippen LogP contribution in [-0.4, -0.2) is 45.1 Å². The zero-order valence-electron chi connectivity index (χ0n) is 19.7. The molecular formula is C27H27N5O2. The molecule has 0 spiro atoms. The van der Waals surface area contributed by atoms with Crippen molar-refractivity contribution < 1.29 is 9.59 Å². The lowest BCUT2D eigenvalue weighted by molar-refractivity contribution is -0.116. The highest BCUT2D eigenvalue weighted by Gasteiger charge is 2.23. The predicted octanol–water partition coefficient (Wildman–Crippen LogP) is 4.57. The number of aryl methyl sites for hydroxylation is 3. The van der Waals surface area contributed by atoms with Gasteiger partial charge in [-0.3, -0.25) is 14.6 Å². The lowest BCUT2D eigenvalue weighted by Gasteiger charge is -2.18. The van der Waals surface area contributed by atoms with E-state index in [0.29, 0.717) is 11.3 Å². The van der Waals surface area contributed by atoms with E-state index in [1.807, 2.05) is 69.3 Å². The monoisotopic (exact) mass is 453 g/mol. The van der Waals surface area contributed by atoms with E-state index in [2.05, 4.69) is 15.4 Å². The maximum atomic E-state index is 13.4. The molecule has 0 aliphatic heterocycles. The first-order valence-corrected chi connectivity index (χ1v) is 11.0. The van der Waals surface area contributed by atoms with Crippen LogP contribution in [0.1, 0.15) is 27.0 Å². The Kier molecular flexibility index (Phi) is 6.54. The highest BCUT2D eigenvalue weighted by molar-refractivity contribution is 6.03. The topological polar surface area (TPSA) is 80.1 Å².